The number of carbonyl (C=O) groups is 1. The van der Waals surface area contributed by atoms with E-state index >= 15 is 0 Å². The van der Waals surface area contributed by atoms with Crippen LogP contribution in [0.3, 0.4) is 0 Å². The van der Waals surface area contributed by atoms with E-state index in [1.807, 2.05) is 6.07 Å². The van der Waals surface area contributed by atoms with Crippen molar-refractivity contribution in [2.24, 2.45) is 7.05 Å². The van der Waals surface area contributed by atoms with E-state index in [4.69, 9.17) is 4.74 Å². The largest absolute Gasteiger partial charge is 0.383 e. The quantitative estimate of drug-likeness (QED) is 0.608. The number of amides is 1. The Morgan fingerprint density at radius 3 is 2.56 bits per heavy atom. The molecule has 0 aliphatic heterocycles. The van der Waals surface area contributed by atoms with Crippen molar-refractivity contribution in [2.45, 2.75) is 25.2 Å². The minimum absolute atomic E-state index is 0.0627. The fraction of sp³-hybridized carbons (Fsp3) is 0.348. The van der Waals surface area contributed by atoms with Crippen LogP contribution in [0, 0.1) is 0 Å². The molecule has 0 radical (unpaired) electrons. The highest BCUT2D eigenvalue weighted by Gasteiger charge is 2.26. The van der Waals surface area contributed by atoms with Gasteiger partial charge in [-0.15, -0.1) is 0 Å². The van der Waals surface area contributed by atoms with Gasteiger partial charge in [0.25, 0.3) is 0 Å². The molecule has 1 heterocycles. The molecule has 0 bridgehead atoms. The molecule has 1 amide bonds. The van der Waals surface area contributed by atoms with Gasteiger partial charge in [0.05, 0.1) is 6.61 Å². The van der Waals surface area contributed by atoms with E-state index in [2.05, 4.69) is 78.6 Å². The molecule has 27 heavy (non-hydrogen) atoms. The molecule has 1 aromatic heterocycles. The number of ether oxygens (including phenoxy) is 1. The summed E-state index contributed by atoms with van der Waals surface area (Å²) in [6, 6.07) is 18.8. The van der Waals surface area contributed by atoms with Crippen LogP contribution >= 0.6 is 0 Å². The van der Waals surface area contributed by atoms with E-state index in [1.54, 1.807) is 7.11 Å². The van der Waals surface area contributed by atoms with E-state index in [1.165, 1.54) is 22.0 Å². The molecule has 1 N–H and O–H groups in total. The number of benzene rings is 2. The lowest BCUT2D eigenvalue weighted by molar-refractivity contribution is -0.121. The Labute approximate surface area is 161 Å². The van der Waals surface area contributed by atoms with Gasteiger partial charge in [-0.2, -0.15) is 0 Å². The summed E-state index contributed by atoms with van der Waals surface area (Å²) in [5.74, 6) is 0.388. The third-order valence-electron chi connectivity index (χ3n) is 5.29. The van der Waals surface area contributed by atoms with E-state index in [0.29, 0.717) is 19.6 Å². The van der Waals surface area contributed by atoms with E-state index in [-0.39, 0.29) is 17.7 Å². The van der Waals surface area contributed by atoms with Gasteiger partial charge in [-0.3, -0.25) is 4.79 Å². The van der Waals surface area contributed by atoms with Crippen LogP contribution in [0.25, 0.3) is 10.9 Å². The lowest BCUT2D eigenvalue weighted by Gasteiger charge is -2.24. The van der Waals surface area contributed by atoms with Crippen molar-refractivity contribution in [3.63, 3.8) is 0 Å². The summed E-state index contributed by atoms with van der Waals surface area (Å²) in [4.78, 5) is 12.6. The lowest BCUT2D eigenvalue weighted by Crippen LogP contribution is -2.29. The van der Waals surface area contributed by atoms with Crippen LogP contribution in [-0.2, 0) is 16.6 Å². The fourth-order valence-electron chi connectivity index (χ4n) is 3.78. The minimum atomic E-state index is 0.0627. The predicted molar refractivity (Wildman–Crippen MR) is 110 cm³/mol. The van der Waals surface area contributed by atoms with E-state index in [9.17, 15) is 4.79 Å². The second-order valence-corrected chi connectivity index (χ2v) is 7.07. The Hall–Kier alpha value is -2.59. The summed E-state index contributed by atoms with van der Waals surface area (Å²) < 4.78 is 7.19. The third kappa shape index (κ3) is 4.40. The number of nitrogens with one attached hydrogen (secondary N) is 1. The Bertz CT molecular complexity index is 886. The molecule has 0 fully saturated rings. The van der Waals surface area contributed by atoms with Gasteiger partial charge in [-0.1, -0.05) is 55.5 Å². The summed E-state index contributed by atoms with van der Waals surface area (Å²) in [6.45, 7) is 3.28. The molecule has 0 saturated carbocycles. The van der Waals surface area contributed by atoms with Crippen LogP contribution in [0.1, 0.15) is 36.3 Å². The summed E-state index contributed by atoms with van der Waals surface area (Å²) in [6.07, 6.45) is 2.63. The van der Waals surface area contributed by atoms with Crippen molar-refractivity contribution in [1.29, 1.82) is 0 Å². The number of para-hydroxylation sites is 1. The molecule has 0 saturated heterocycles. The number of hydrogen-bond donors (Lipinski definition) is 1. The number of aromatic nitrogens is 1. The highest BCUT2D eigenvalue weighted by Crippen LogP contribution is 2.39. The van der Waals surface area contributed by atoms with Gasteiger partial charge in [0.2, 0.25) is 5.91 Å². The number of carbonyl (C=O) groups excluding carboxylic acids is 1. The topological polar surface area (TPSA) is 43.3 Å². The number of fused-ring (bicyclic) bond motifs is 1. The van der Waals surface area contributed by atoms with Gasteiger partial charge in [-0.05, 0) is 23.1 Å². The molecule has 0 aliphatic rings. The second-order valence-electron chi connectivity index (χ2n) is 7.07. The summed E-state index contributed by atoms with van der Waals surface area (Å²) >= 11 is 0. The second kappa shape index (κ2) is 8.87. The molecule has 0 aliphatic carbocycles. The SMILES string of the molecule is COCCNC(=O)C[C@@H](c1cn(C)c2ccccc12)[C@H](C)c1ccccc1. The Kier molecular flexibility index (Phi) is 6.30. The summed E-state index contributed by atoms with van der Waals surface area (Å²) in [5, 5.41) is 4.19. The highest BCUT2D eigenvalue weighted by molar-refractivity contribution is 5.86. The Morgan fingerprint density at radius 1 is 1.11 bits per heavy atom. The van der Waals surface area contributed by atoms with Gasteiger partial charge >= 0.3 is 0 Å². The maximum atomic E-state index is 12.6. The lowest BCUT2D eigenvalue weighted by atomic mass is 9.80. The average molecular weight is 364 g/mol. The van der Waals surface area contributed by atoms with Gasteiger partial charge in [0.15, 0.2) is 0 Å². The first-order chi connectivity index (χ1) is 13.1. The maximum Gasteiger partial charge on any atom is 0.220 e. The van der Waals surface area contributed by atoms with Gasteiger partial charge in [-0.25, -0.2) is 0 Å². The Morgan fingerprint density at radius 2 is 1.81 bits per heavy atom. The molecular weight excluding hydrogens is 336 g/mol. The van der Waals surface area contributed by atoms with Gasteiger partial charge < -0.3 is 14.6 Å². The first-order valence-electron chi connectivity index (χ1n) is 9.46. The summed E-state index contributed by atoms with van der Waals surface area (Å²) in [5.41, 5.74) is 3.67. The van der Waals surface area contributed by atoms with E-state index in [0.717, 1.165) is 0 Å². The molecule has 3 rings (SSSR count). The fourth-order valence-corrected chi connectivity index (χ4v) is 3.78. The first-order valence-corrected chi connectivity index (χ1v) is 9.46. The maximum absolute atomic E-state index is 12.6. The van der Waals surface area contributed by atoms with Crippen molar-refractivity contribution in [3.05, 3.63) is 71.9 Å². The zero-order chi connectivity index (χ0) is 19.2. The number of aryl methyl sites for hydroxylation is 1. The van der Waals surface area contributed by atoms with Gasteiger partial charge in [0, 0.05) is 50.1 Å². The van der Waals surface area contributed by atoms with Crippen molar-refractivity contribution in [2.75, 3.05) is 20.3 Å². The van der Waals surface area contributed by atoms with Crippen LogP contribution in [0.4, 0.5) is 0 Å². The van der Waals surface area contributed by atoms with Crippen molar-refractivity contribution in [1.82, 2.24) is 9.88 Å². The van der Waals surface area contributed by atoms with Crippen molar-refractivity contribution < 1.29 is 9.53 Å². The molecule has 4 heteroatoms. The molecule has 0 unspecified atom stereocenters. The van der Waals surface area contributed by atoms with Crippen LogP contribution in [-0.4, -0.2) is 30.7 Å². The van der Waals surface area contributed by atoms with E-state index < -0.39 is 0 Å². The summed E-state index contributed by atoms with van der Waals surface area (Å²) in [7, 11) is 3.71. The standard InChI is InChI=1S/C23H28N2O2/c1-17(18-9-5-4-6-10-18)20(15-23(26)24-13-14-27-3)21-16-25(2)22-12-8-7-11-19(21)22/h4-12,16-17,20H,13-15H2,1-3H3,(H,24,26)/t17-,20-/m1/s1. The number of hydrogen-bond acceptors (Lipinski definition) is 2. The monoisotopic (exact) mass is 364 g/mol. The van der Waals surface area contributed by atoms with Gasteiger partial charge in [0.1, 0.15) is 0 Å². The predicted octanol–water partition coefficient (Wildman–Crippen LogP) is 4.22. The van der Waals surface area contributed by atoms with Crippen LogP contribution in [0.5, 0.6) is 0 Å². The zero-order valence-corrected chi connectivity index (χ0v) is 16.3. The molecule has 0 spiro atoms. The average Bonchev–Trinajstić information content (AvgIpc) is 3.03. The first kappa shape index (κ1) is 19.2. The third-order valence-corrected chi connectivity index (χ3v) is 5.29. The van der Waals surface area contributed by atoms with Crippen LogP contribution in [0.15, 0.2) is 60.8 Å². The minimum Gasteiger partial charge on any atom is -0.383 e. The molecule has 2 aromatic carbocycles. The number of rotatable bonds is 8. The number of nitrogens with zero attached hydrogens (tertiary/aromatic N) is 1. The molecule has 2 atom stereocenters. The molecular formula is C23H28N2O2. The number of methoxy groups -OCH3 is 1. The van der Waals surface area contributed by atoms with Crippen molar-refractivity contribution in [3.8, 4) is 0 Å². The molecule has 4 nitrogen and oxygen atoms in total. The highest BCUT2D eigenvalue weighted by atomic mass is 16.5. The Balaban J connectivity index is 1.95. The zero-order valence-electron chi connectivity index (χ0n) is 16.3. The normalized spacial score (nSPS) is 13.4. The molecule has 3 aromatic rings. The smallest absolute Gasteiger partial charge is 0.220 e. The van der Waals surface area contributed by atoms with Crippen molar-refractivity contribution >= 4 is 16.8 Å². The van der Waals surface area contributed by atoms with Crippen LogP contribution < -0.4 is 5.32 Å². The van der Waals surface area contributed by atoms with Crippen LogP contribution in [0.2, 0.25) is 0 Å². The molecule has 142 valence electrons.